The fourth-order valence-electron chi connectivity index (χ4n) is 2.91. The maximum absolute atomic E-state index is 12.7. The van der Waals surface area contributed by atoms with Gasteiger partial charge in [0.15, 0.2) is 0 Å². The monoisotopic (exact) mass is 365 g/mol. The number of amides is 1. The average Bonchev–Trinajstić information content (AvgIpc) is 3.22. The summed E-state index contributed by atoms with van der Waals surface area (Å²) < 4.78 is 5.39. The number of ether oxygens (including phenoxy) is 1. The molecule has 9 nitrogen and oxygen atoms in total. The van der Waals surface area contributed by atoms with Crippen molar-refractivity contribution in [1.29, 1.82) is 0 Å². The van der Waals surface area contributed by atoms with Crippen molar-refractivity contribution in [2.24, 2.45) is 0 Å². The zero-order valence-corrected chi connectivity index (χ0v) is 14.6. The van der Waals surface area contributed by atoms with Gasteiger partial charge in [-0.15, -0.1) is 0 Å². The van der Waals surface area contributed by atoms with Gasteiger partial charge in [-0.1, -0.05) is 12.1 Å². The Morgan fingerprint density at radius 1 is 1.22 bits per heavy atom. The Bertz CT molecular complexity index is 907. The molecule has 3 heterocycles. The number of carbonyl (C=O) groups is 1. The molecular formula is C18H19N7O2. The number of nitrogens with zero attached hydrogens (tertiary/aromatic N) is 5. The Morgan fingerprint density at radius 3 is 2.89 bits per heavy atom. The molecule has 3 aromatic rings. The van der Waals surface area contributed by atoms with Crippen molar-refractivity contribution in [3.05, 3.63) is 54.2 Å². The first-order valence-corrected chi connectivity index (χ1v) is 8.69. The molecule has 1 aromatic carbocycles. The van der Waals surface area contributed by atoms with Gasteiger partial charge in [-0.05, 0) is 12.1 Å². The highest BCUT2D eigenvalue weighted by molar-refractivity contribution is 5.99. The number of aromatic amines is 1. The van der Waals surface area contributed by atoms with Crippen molar-refractivity contribution in [2.45, 2.75) is 6.54 Å². The van der Waals surface area contributed by atoms with E-state index in [1.807, 2.05) is 24.3 Å². The number of aromatic nitrogens is 5. The third-order valence-electron chi connectivity index (χ3n) is 4.24. The van der Waals surface area contributed by atoms with Gasteiger partial charge >= 0.3 is 0 Å². The normalized spacial score (nSPS) is 14.1. The first-order valence-electron chi connectivity index (χ1n) is 8.69. The summed E-state index contributed by atoms with van der Waals surface area (Å²) in [5, 5.41) is 9.83. The van der Waals surface area contributed by atoms with Crippen molar-refractivity contribution in [1.82, 2.24) is 30.5 Å². The topological polar surface area (TPSA) is 109 Å². The summed E-state index contributed by atoms with van der Waals surface area (Å²) in [5.74, 6) is 0.837. The number of rotatable bonds is 5. The highest BCUT2D eigenvalue weighted by Crippen LogP contribution is 2.21. The van der Waals surface area contributed by atoms with E-state index < -0.39 is 0 Å². The molecule has 27 heavy (non-hydrogen) atoms. The summed E-state index contributed by atoms with van der Waals surface area (Å²) in [6.45, 7) is 3.11. The number of hydrogen-bond acceptors (Lipinski definition) is 7. The van der Waals surface area contributed by atoms with E-state index in [1.54, 1.807) is 18.6 Å². The molecule has 9 heteroatoms. The number of anilines is 1. The zero-order chi connectivity index (χ0) is 18.5. The summed E-state index contributed by atoms with van der Waals surface area (Å²) in [4.78, 5) is 27.4. The Hall–Kier alpha value is -3.33. The van der Waals surface area contributed by atoms with E-state index in [4.69, 9.17) is 4.74 Å². The number of nitrogens with one attached hydrogen (secondary N) is 2. The van der Waals surface area contributed by atoms with Crippen LogP contribution in [-0.2, 0) is 11.3 Å². The first-order chi connectivity index (χ1) is 13.3. The molecule has 0 radical (unpaired) electrons. The molecule has 1 aliphatic rings. The fraction of sp³-hybridized carbons (Fsp3) is 0.278. The van der Waals surface area contributed by atoms with Crippen LogP contribution in [0, 0.1) is 0 Å². The molecule has 1 aliphatic heterocycles. The van der Waals surface area contributed by atoms with Crippen LogP contribution in [0.4, 0.5) is 5.69 Å². The van der Waals surface area contributed by atoms with Gasteiger partial charge in [-0.3, -0.25) is 14.9 Å². The Kier molecular flexibility index (Phi) is 5.01. The van der Waals surface area contributed by atoms with E-state index in [9.17, 15) is 4.79 Å². The third-order valence-corrected chi connectivity index (χ3v) is 4.24. The number of benzene rings is 1. The molecule has 1 amide bonds. The van der Waals surface area contributed by atoms with Crippen LogP contribution in [0.5, 0.6) is 0 Å². The van der Waals surface area contributed by atoms with Crippen molar-refractivity contribution in [3.63, 3.8) is 0 Å². The second-order valence-electron chi connectivity index (χ2n) is 6.00. The molecular weight excluding hydrogens is 346 g/mol. The molecule has 0 bridgehead atoms. The average molecular weight is 365 g/mol. The summed E-state index contributed by atoms with van der Waals surface area (Å²) in [5.41, 5.74) is 2.12. The van der Waals surface area contributed by atoms with Gasteiger partial charge in [0.2, 0.25) is 5.82 Å². The van der Waals surface area contributed by atoms with E-state index in [-0.39, 0.29) is 12.5 Å². The van der Waals surface area contributed by atoms with Gasteiger partial charge in [0.05, 0.1) is 31.5 Å². The minimum absolute atomic E-state index is 0.158. The Balaban J connectivity index is 1.44. The summed E-state index contributed by atoms with van der Waals surface area (Å²) in [6, 6.07) is 7.58. The van der Waals surface area contributed by atoms with Crippen LogP contribution < -0.4 is 10.2 Å². The zero-order valence-electron chi connectivity index (χ0n) is 14.6. The van der Waals surface area contributed by atoms with Crippen LogP contribution in [-0.4, -0.2) is 57.4 Å². The van der Waals surface area contributed by atoms with Crippen LogP contribution >= 0.6 is 0 Å². The van der Waals surface area contributed by atoms with Crippen LogP contribution in [0.15, 0.2) is 42.9 Å². The molecule has 1 fully saturated rings. The molecule has 2 N–H and O–H groups in total. The molecule has 2 aromatic heterocycles. The van der Waals surface area contributed by atoms with Gasteiger partial charge in [0, 0.05) is 31.2 Å². The summed E-state index contributed by atoms with van der Waals surface area (Å²) in [6.07, 6.45) is 4.75. The summed E-state index contributed by atoms with van der Waals surface area (Å²) in [7, 11) is 0. The van der Waals surface area contributed by atoms with E-state index in [1.165, 1.54) is 0 Å². The van der Waals surface area contributed by atoms with E-state index in [2.05, 4.69) is 35.4 Å². The van der Waals surface area contributed by atoms with Gasteiger partial charge in [0.25, 0.3) is 5.91 Å². The number of para-hydroxylation sites is 1. The molecule has 4 rings (SSSR count). The standard InChI is InChI=1S/C18H19N7O2/c26-18(13-3-1-2-4-15(13)25-7-9-27-10-8-25)21-12-16-22-17(24-23-16)14-11-19-5-6-20-14/h1-6,11H,7-10,12H2,(H,21,26)(H,22,23,24). The largest absolute Gasteiger partial charge is 0.378 e. The van der Waals surface area contributed by atoms with Crippen molar-refractivity contribution in [3.8, 4) is 11.5 Å². The predicted octanol–water partition coefficient (Wildman–Crippen LogP) is 1.03. The lowest BCUT2D eigenvalue weighted by Crippen LogP contribution is -2.37. The van der Waals surface area contributed by atoms with E-state index in [0.717, 1.165) is 18.8 Å². The molecule has 0 aliphatic carbocycles. The fourth-order valence-corrected chi connectivity index (χ4v) is 2.91. The quantitative estimate of drug-likeness (QED) is 0.695. The number of hydrogen-bond donors (Lipinski definition) is 2. The minimum atomic E-state index is -0.158. The predicted molar refractivity (Wildman–Crippen MR) is 98.1 cm³/mol. The van der Waals surface area contributed by atoms with Crippen molar-refractivity contribution >= 4 is 11.6 Å². The lowest BCUT2D eigenvalue weighted by Gasteiger charge is -2.30. The smallest absolute Gasteiger partial charge is 0.253 e. The van der Waals surface area contributed by atoms with Gasteiger partial charge in [0.1, 0.15) is 11.5 Å². The molecule has 0 unspecified atom stereocenters. The number of carbonyl (C=O) groups excluding carboxylic acids is 1. The molecule has 1 saturated heterocycles. The second kappa shape index (κ2) is 7.92. The number of H-pyrrole nitrogens is 1. The molecule has 0 spiro atoms. The third kappa shape index (κ3) is 3.93. The molecule has 0 saturated carbocycles. The lowest BCUT2D eigenvalue weighted by molar-refractivity contribution is 0.0948. The maximum Gasteiger partial charge on any atom is 0.253 e. The first kappa shape index (κ1) is 17.1. The SMILES string of the molecule is O=C(NCc1nc(-c2cnccn2)n[nH]1)c1ccccc1N1CCOCC1. The van der Waals surface area contributed by atoms with Gasteiger partial charge in [-0.2, -0.15) is 5.10 Å². The minimum Gasteiger partial charge on any atom is -0.378 e. The Morgan fingerprint density at radius 2 is 2.07 bits per heavy atom. The van der Waals surface area contributed by atoms with Crippen molar-refractivity contribution < 1.29 is 9.53 Å². The second-order valence-corrected chi connectivity index (χ2v) is 6.00. The van der Waals surface area contributed by atoms with Gasteiger partial charge in [-0.25, -0.2) is 9.97 Å². The maximum atomic E-state index is 12.7. The van der Waals surface area contributed by atoms with Crippen LogP contribution in [0.1, 0.15) is 16.2 Å². The van der Waals surface area contributed by atoms with Crippen LogP contribution in [0.2, 0.25) is 0 Å². The van der Waals surface area contributed by atoms with E-state index in [0.29, 0.717) is 36.1 Å². The highest BCUT2D eigenvalue weighted by atomic mass is 16.5. The Labute approximate surface area is 155 Å². The van der Waals surface area contributed by atoms with E-state index >= 15 is 0 Å². The summed E-state index contributed by atoms with van der Waals surface area (Å²) >= 11 is 0. The number of morpholine rings is 1. The van der Waals surface area contributed by atoms with Crippen LogP contribution in [0.3, 0.4) is 0 Å². The van der Waals surface area contributed by atoms with Gasteiger partial charge < -0.3 is 15.0 Å². The molecule has 138 valence electrons. The molecule has 0 atom stereocenters. The highest BCUT2D eigenvalue weighted by Gasteiger charge is 2.18. The van der Waals surface area contributed by atoms with Crippen LogP contribution in [0.25, 0.3) is 11.5 Å². The van der Waals surface area contributed by atoms with Crippen molar-refractivity contribution in [2.75, 3.05) is 31.2 Å². The lowest BCUT2D eigenvalue weighted by atomic mass is 10.1.